The van der Waals surface area contributed by atoms with Gasteiger partial charge in [-0.2, -0.15) is 0 Å². The summed E-state index contributed by atoms with van der Waals surface area (Å²) >= 11 is 0. The van der Waals surface area contributed by atoms with Crippen LogP contribution in [0.2, 0.25) is 0 Å². The minimum atomic E-state index is 0.547. The lowest BCUT2D eigenvalue weighted by atomic mass is 9.84. The van der Waals surface area contributed by atoms with E-state index in [-0.39, 0.29) is 0 Å². The van der Waals surface area contributed by atoms with E-state index in [9.17, 15) is 0 Å². The fraction of sp³-hybridized carbons (Fsp3) is 0.400. The molecule has 2 aromatic carbocycles. The number of nitrogens with two attached hydrogens (primary N) is 2. The van der Waals surface area contributed by atoms with Gasteiger partial charge in [0.2, 0.25) is 0 Å². The van der Waals surface area contributed by atoms with Crippen molar-refractivity contribution >= 4 is 0 Å². The molecule has 4 N–H and O–H groups in total. The molecule has 2 heteroatoms. The normalized spacial score (nSPS) is 13.8. The first-order valence-corrected chi connectivity index (χ1v) is 8.25. The van der Waals surface area contributed by atoms with Crippen LogP contribution in [-0.4, -0.2) is 0 Å². The first kappa shape index (κ1) is 16.7. The molecule has 2 atom stereocenters. The van der Waals surface area contributed by atoms with Gasteiger partial charge in [0.25, 0.3) is 0 Å². The summed E-state index contributed by atoms with van der Waals surface area (Å²) in [6.07, 6.45) is 2.33. The number of benzene rings is 2. The first-order valence-electron chi connectivity index (χ1n) is 8.25. The van der Waals surface area contributed by atoms with Gasteiger partial charge in [-0.15, -0.1) is 0 Å². The summed E-state index contributed by atoms with van der Waals surface area (Å²) in [4.78, 5) is 0. The van der Waals surface area contributed by atoms with Crippen LogP contribution < -0.4 is 11.5 Å². The minimum Gasteiger partial charge on any atom is -0.326 e. The molecule has 2 nitrogen and oxygen atoms in total. The van der Waals surface area contributed by atoms with Crippen molar-refractivity contribution in [1.82, 2.24) is 0 Å². The summed E-state index contributed by atoms with van der Waals surface area (Å²) in [6, 6.07) is 17.5. The number of hydrogen-bond donors (Lipinski definition) is 2. The lowest BCUT2D eigenvalue weighted by Gasteiger charge is -2.21. The van der Waals surface area contributed by atoms with Crippen molar-refractivity contribution in [3.63, 3.8) is 0 Å². The highest BCUT2D eigenvalue weighted by Crippen LogP contribution is 2.32. The van der Waals surface area contributed by atoms with E-state index in [0.717, 1.165) is 6.42 Å². The highest BCUT2D eigenvalue weighted by Gasteiger charge is 2.15. The van der Waals surface area contributed by atoms with E-state index < -0.39 is 0 Å². The Bertz CT molecular complexity index is 557. The average Bonchev–Trinajstić information content (AvgIpc) is 2.59. The van der Waals surface area contributed by atoms with Crippen molar-refractivity contribution in [3.05, 3.63) is 70.8 Å². The fourth-order valence-corrected chi connectivity index (χ4v) is 3.01. The molecule has 0 aliphatic rings. The van der Waals surface area contributed by atoms with Crippen molar-refractivity contribution in [3.8, 4) is 0 Å². The molecule has 0 radical (unpaired) electrons. The smallest absolute Gasteiger partial charge is 0.0178 e. The second-order valence-electron chi connectivity index (χ2n) is 6.13. The Labute approximate surface area is 134 Å². The zero-order valence-electron chi connectivity index (χ0n) is 13.8. The van der Waals surface area contributed by atoms with Crippen molar-refractivity contribution in [1.29, 1.82) is 0 Å². The third-order valence-corrected chi connectivity index (χ3v) is 4.60. The third-order valence-electron chi connectivity index (χ3n) is 4.60. The summed E-state index contributed by atoms with van der Waals surface area (Å²) in [7, 11) is 0. The van der Waals surface area contributed by atoms with Crippen molar-refractivity contribution < 1.29 is 0 Å². The van der Waals surface area contributed by atoms with E-state index in [2.05, 4.69) is 62.4 Å². The van der Waals surface area contributed by atoms with Crippen LogP contribution in [0, 0.1) is 0 Å². The summed E-state index contributed by atoms with van der Waals surface area (Å²) in [5.74, 6) is 1.14. The summed E-state index contributed by atoms with van der Waals surface area (Å²) in [5, 5.41) is 0. The lowest BCUT2D eigenvalue weighted by Crippen LogP contribution is -2.05. The van der Waals surface area contributed by atoms with Crippen molar-refractivity contribution in [2.75, 3.05) is 0 Å². The molecule has 0 heterocycles. The Morgan fingerprint density at radius 3 is 1.64 bits per heavy atom. The van der Waals surface area contributed by atoms with E-state index >= 15 is 0 Å². The number of rotatable bonds is 7. The molecule has 0 fully saturated rings. The van der Waals surface area contributed by atoms with Gasteiger partial charge in [-0.25, -0.2) is 0 Å². The summed E-state index contributed by atoms with van der Waals surface area (Å²) in [6.45, 7) is 5.81. The second-order valence-corrected chi connectivity index (χ2v) is 6.13. The Morgan fingerprint density at radius 1 is 0.773 bits per heavy atom. The maximum absolute atomic E-state index is 5.68. The van der Waals surface area contributed by atoms with E-state index in [4.69, 9.17) is 11.5 Å². The van der Waals surface area contributed by atoms with Crippen LogP contribution in [0.3, 0.4) is 0 Å². The van der Waals surface area contributed by atoms with Crippen LogP contribution in [0.4, 0.5) is 0 Å². The van der Waals surface area contributed by atoms with E-state index in [1.54, 1.807) is 0 Å². The van der Waals surface area contributed by atoms with Crippen molar-refractivity contribution in [2.24, 2.45) is 11.5 Å². The quantitative estimate of drug-likeness (QED) is 0.800. The minimum absolute atomic E-state index is 0.547. The van der Waals surface area contributed by atoms with Crippen LogP contribution in [0.5, 0.6) is 0 Å². The fourth-order valence-electron chi connectivity index (χ4n) is 3.01. The highest BCUT2D eigenvalue weighted by molar-refractivity contribution is 5.28. The zero-order valence-corrected chi connectivity index (χ0v) is 13.8. The molecule has 22 heavy (non-hydrogen) atoms. The summed E-state index contributed by atoms with van der Waals surface area (Å²) in [5.41, 5.74) is 16.6. The number of hydrogen-bond acceptors (Lipinski definition) is 2. The molecule has 2 aromatic rings. The third kappa shape index (κ3) is 4.19. The van der Waals surface area contributed by atoms with Gasteiger partial charge in [-0.05, 0) is 46.9 Å². The standard InChI is InChI=1S/C20H28N2/c1-3-18(20-10-6-17(14-22)7-11-20)12-15(2)19-8-4-16(13-21)5-9-19/h4-11,15,18H,3,12-14,21-22H2,1-2H3. The molecule has 2 rings (SSSR count). The predicted molar refractivity (Wildman–Crippen MR) is 94.7 cm³/mol. The molecule has 0 saturated heterocycles. The molecular weight excluding hydrogens is 268 g/mol. The largest absolute Gasteiger partial charge is 0.326 e. The lowest BCUT2D eigenvalue weighted by molar-refractivity contribution is 0.544. The molecule has 0 saturated carbocycles. The van der Waals surface area contributed by atoms with Gasteiger partial charge in [0.1, 0.15) is 0 Å². The second kappa shape index (κ2) is 8.11. The molecular formula is C20H28N2. The van der Waals surface area contributed by atoms with Gasteiger partial charge in [0, 0.05) is 13.1 Å². The van der Waals surface area contributed by atoms with Gasteiger partial charge >= 0.3 is 0 Å². The molecule has 2 unspecified atom stereocenters. The van der Waals surface area contributed by atoms with Gasteiger partial charge < -0.3 is 11.5 Å². The van der Waals surface area contributed by atoms with Gasteiger partial charge in [0.05, 0.1) is 0 Å². The Kier molecular flexibility index (Phi) is 6.17. The average molecular weight is 296 g/mol. The maximum Gasteiger partial charge on any atom is 0.0178 e. The molecule has 0 spiro atoms. The van der Waals surface area contributed by atoms with Gasteiger partial charge in [0.15, 0.2) is 0 Å². The monoisotopic (exact) mass is 296 g/mol. The van der Waals surface area contributed by atoms with Crippen LogP contribution in [0.15, 0.2) is 48.5 Å². The van der Waals surface area contributed by atoms with Gasteiger partial charge in [-0.1, -0.05) is 62.4 Å². The SMILES string of the molecule is CCC(CC(C)c1ccc(CN)cc1)c1ccc(CN)cc1. The molecule has 0 amide bonds. The van der Waals surface area contributed by atoms with E-state index in [1.165, 1.54) is 28.7 Å². The van der Waals surface area contributed by atoms with E-state index in [1.807, 2.05) is 0 Å². The molecule has 0 aliphatic carbocycles. The molecule has 0 bridgehead atoms. The molecule has 118 valence electrons. The highest BCUT2D eigenvalue weighted by atomic mass is 14.5. The van der Waals surface area contributed by atoms with E-state index in [0.29, 0.717) is 24.9 Å². The van der Waals surface area contributed by atoms with Crippen molar-refractivity contribution in [2.45, 2.75) is 51.6 Å². The predicted octanol–water partition coefficient (Wildman–Crippen LogP) is 4.29. The zero-order chi connectivity index (χ0) is 15.9. The van der Waals surface area contributed by atoms with Crippen LogP contribution in [0.1, 0.15) is 60.8 Å². The first-order chi connectivity index (χ1) is 10.7. The Hall–Kier alpha value is -1.64. The van der Waals surface area contributed by atoms with Crippen LogP contribution in [-0.2, 0) is 13.1 Å². The Morgan fingerprint density at radius 2 is 1.23 bits per heavy atom. The topological polar surface area (TPSA) is 52.0 Å². The molecule has 0 aliphatic heterocycles. The van der Waals surface area contributed by atoms with Crippen LogP contribution in [0.25, 0.3) is 0 Å². The van der Waals surface area contributed by atoms with Gasteiger partial charge in [-0.3, -0.25) is 0 Å². The molecule has 0 aromatic heterocycles. The van der Waals surface area contributed by atoms with Crippen LogP contribution >= 0.6 is 0 Å². The Balaban J connectivity index is 2.07. The summed E-state index contributed by atoms with van der Waals surface area (Å²) < 4.78 is 0. The maximum atomic E-state index is 5.68.